The largest absolute Gasteiger partial charge is 0.493 e. The van der Waals surface area contributed by atoms with Crippen LogP contribution in [0.5, 0.6) is 23.0 Å². The summed E-state index contributed by atoms with van der Waals surface area (Å²) in [4.78, 5) is 24.9. The van der Waals surface area contributed by atoms with E-state index in [2.05, 4.69) is 15.8 Å². The highest BCUT2D eigenvalue weighted by Crippen LogP contribution is 2.29. The zero-order valence-electron chi connectivity index (χ0n) is 22.4. The van der Waals surface area contributed by atoms with Crippen LogP contribution in [0.25, 0.3) is 0 Å². The zero-order chi connectivity index (χ0) is 28.2. The Morgan fingerprint density at radius 3 is 2.41 bits per heavy atom. The van der Waals surface area contributed by atoms with Gasteiger partial charge in [-0.1, -0.05) is 24.6 Å². The van der Waals surface area contributed by atoms with Crippen LogP contribution in [0.15, 0.2) is 59.7 Å². The van der Waals surface area contributed by atoms with E-state index < -0.39 is 5.91 Å². The van der Waals surface area contributed by atoms with E-state index in [-0.39, 0.29) is 12.5 Å². The highest BCUT2D eigenvalue weighted by Gasteiger charge is 2.12. The summed E-state index contributed by atoms with van der Waals surface area (Å²) in [7, 11) is 1.49. The van der Waals surface area contributed by atoms with E-state index >= 15 is 0 Å². The van der Waals surface area contributed by atoms with Gasteiger partial charge in [-0.25, -0.2) is 5.43 Å². The molecular formula is C29H32ClN3O6. The van der Waals surface area contributed by atoms with Crippen molar-refractivity contribution in [1.82, 2.24) is 5.43 Å². The number of halogens is 1. The minimum absolute atomic E-state index is 0.225. The van der Waals surface area contributed by atoms with Crippen LogP contribution in [0.1, 0.15) is 41.8 Å². The molecule has 39 heavy (non-hydrogen) atoms. The van der Waals surface area contributed by atoms with Crippen molar-refractivity contribution in [2.75, 3.05) is 32.2 Å². The van der Waals surface area contributed by atoms with Gasteiger partial charge in [0.15, 0.2) is 29.6 Å². The van der Waals surface area contributed by atoms with Crippen molar-refractivity contribution >= 4 is 35.3 Å². The van der Waals surface area contributed by atoms with Gasteiger partial charge in [-0.05, 0) is 79.9 Å². The first-order valence-electron chi connectivity index (χ1n) is 12.4. The van der Waals surface area contributed by atoms with Crippen molar-refractivity contribution in [2.45, 2.75) is 27.2 Å². The molecule has 2 amide bonds. The molecule has 0 atom stereocenters. The van der Waals surface area contributed by atoms with Crippen molar-refractivity contribution in [3.05, 3.63) is 76.3 Å². The molecule has 0 aliphatic heterocycles. The second-order valence-electron chi connectivity index (χ2n) is 8.35. The lowest BCUT2D eigenvalue weighted by molar-refractivity contribution is -0.118. The molecular weight excluding hydrogens is 522 g/mol. The number of benzene rings is 3. The first-order chi connectivity index (χ1) is 18.8. The maximum absolute atomic E-state index is 12.6. The summed E-state index contributed by atoms with van der Waals surface area (Å²) in [6.45, 7) is 6.53. The Hall–Kier alpha value is -4.24. The number of ether oxygens (including phenoxy) is 4. The third-order valence-corrected chi connectivity index (χ3v) is 5.76. The number of amides is 2. The van der Waals surface area contributed by atoms with Crippen LogP contribution < -0.4 is 29.7 Å². The Morgan fingerprint density at radius 1 is 0.923 bits per heavy atom. The molecule has 0 aliphatic carbocycles. The van der Waals surface area contributed by atoms with Crippen LogP contribution >= 0.6 is 11.6 Å². The third kappa shape index (κ3) is 8.65. The van der Waals surface area contributed by atoms with E-state index in [0.29, 0.717) is 58.0 Å². The molecule has 0 aromatic heterocycles. The van der Waals surface area contributed by atoms with E-state index in [9.17, 15) is 9.59 Å². The van der Waals surface area contributed by atoms with Crippen LogP contribution in [-0.4, -0.2) is 45.0 Å². The zero-order valence-corrected chi connectivity index (χ0v) is 23.1. The second kappa shape index (κ2) is 14.6. The van der Waals surface area contributed by atoms with E-state index in [1.807, 2.05) is 26.8 Å². The third-order valence-electron chi connectivity index (χ3n) is 5.35. The molecule has 206 valence electrons. The van der Waals surface area contributed by atoms with Crippen molar-refractivity contribution in [3.63, 3.8) is 0 Å². The number of hydrazone groups is 1. The average Bonchev–Trinajstić information content (AvgIpc) is 2.93. The molecule has 9 nitrogen and oxygen atoms in total. The quantitative estimate of drug-likeness (QED) is 0.210. The van der Waals surface area contributed by atoms with Gasteiger partial charge in [-0.15, -0.1) is 0 Å². The predicted molar refractivity (Wildman–Crippen MR) is 152 cm³/mol. The summed E-state index contributed by atoms with van der Waals surface area (Å²) in [5, 5.41) is 7.34. The summed E-state index contributed by atoms with van der Waals surface area (Å²) >= 11 is 6.11. The summed E-state index contributed by atoms with van der Waals surface area (Å²) in [5.74, 6) is 1.12. The fourth-order valence-corrected chi connectivity index (χ4v) is 3.55. The summed E-state index contributed by atoms with van der Waals surface area (Å²) in [5.41, 5.74) is 5.03. The Balaban J connectivity index is 1.58. The SMILES string of the molecule is CCCOc1ccc(C(=O)N/N=C/c2ccc(OCC(=O)Nc3ccc(C)c(Cl)c3)c(OC)c2)cc1OCC. The van der Waals surface area contributed by atoms with Gasteiger partial charge in [0.25, 0.3) is 11.8 Å². The van der Waals surface area contributed by atoms with Gasteiger partial charge in [0.2, 0.25) is 0 Å². The maximum Gasteiger partial charge on any atom is 0.271 e. The van der Waals surface area contributed by atoms with Gasteiger partial charge >= 0.3 is 0 Å². The maximum atomic E-state index is 12.6. The van der Waals surface area contributed by atoms with E-state index in [1.165, 1.54) is 13.3 Å². The summed E-state index contributed by atoms with van der Waals surface area (Å²) in [6.07, 6.45) is 2.33. The van der Waals surface area contributed by atoms with Crippen LogP contribution in [-0.2, 0) is 4.79 Å². The first kappa shape index (κ1) is 29.3. The number of aryl methyl sites for hydroxylation is 1. The smallest absolute Gasteiger partial charge is 0.271 e. The number of anilines is 1. The van der Waals surface area contributed by atoms with Gasteiger partial charge in [0, 0.05) is 16.3 Å². The number of hydrogen-bond acceptors (Lipinski definition) is 7. The molecule has 3 rings (SSSR count). The standard InChI is InChI=1S/C29H32ClN3O6/c1-5-13-38-25-12-9-21(15-27(25)37-6-2)29(35)33-31-17-20-8-11-24(26(14-20)36-4)39-18-28(34)32-22-10-7-19(3)23(30)16-22/h7-12,14-17H,5-6,13,18H2,1-4H3,(H,32,34)(H,33,35)/b31-17+. The van der Waals surface area contributed by atoms with Crippen molar-refractivity contribution in [2.24, 2.45) is 5.10 Å². The molecule has 0 spiro atoms. The predicted octanol–water partition coefficient (Wildman–Crippen LogP) is 5.63. The Bertz CT molecular complexity index is 1330. The fourth-order valence-electron chi connectivity index (χ4n) is 3.37. The van der Waals surface area contributed by atoms with Crippen LogP contribution in [0, 0.1) is 6.92 Å². The number of methoxy groups -OCH3 is 1. The molecule has 3 aromatic rings. The number of carbonyl (C=O) groups excluding carboxylic acids is 2. The highest BCUT2D eigenvalue weighted by atomic mass is 35.5. The minimum atomic E-state index is -0.401. The molecule has 2 N–H and O–H groups in total. The van der Waals surface area contributed by atoms with E-state index in [1.54, 1.807) is 48.5 Å². The summed E-state index contributed by atoms with van der Waals surface area (Å²) < 4.78 is 22.3. The molecule has 0 heterocycles. The van der Waals surface area contributed by atoms with E-state index in [4.69, 9.17) is 30.5 Å². The number of nitrogens with one attached hydrogen (secondary N) is 2. The minimum Gasteiger partial charge on any atom is -0.493 e. The van der Waals surface area contributed by atoms with Gasteiger partial charge in [-0.3, -0.25) is 9.59 Å². The molecule has 0 fully saturated rings. The molecule has 0 saturated heterocycles. The van der Waals surface area contributed by atoms with Gasteiger partial charge in [0.05, 0.1) is 26.5 Å². The topological polar surface area (TPSA) is 107 Å². The summed E-state index contributed by atoms with van der Waals surface area (Å²) in [6, 6.07) is 15.3. The van der Waals surface area contributed by atoms with Crippen molar-refractivity contribution in [1.29, 1.82) is 0 Å². The number of nitrogens with zero attached hydrogens (tertiary/aromatic N) is 1. The average molecular weight is 554 g/mol. The molecule has 0 bridgehead atoms. The number of carbonyl (C=O) groups is 2. The highest BCUT2D eigenvalue weighted by molar-refractivity contribution is 6.31. The number of hydrogen-bond donors (Lipinski definition) is 2. The normalized spacial score (nSPS) is 10.7. The lowest BCUT2D eigenvalue weighted by atomic mass is 10.2. The van der Waals surface area contributed by atoms with E-state index in [0.717, 1.165) is 12.0 Å². The fraction of sp³-hybridized carbons (Fsp3) is 0.276. The lowest BCUT2D eigenvalue weighted by Crippen LogP contribution is -2.20. The molecule has 0 radical (unpaired) electrons. The lowest BCUT2D eigenvalue weighted by Gasteiger charge is -2.12. The molecule has 0 aliphatic rings. The molecule has 0 unspecified atom stereocenters. The first-order valence-corrected chi connectivity index (χ1v) is 12.8. The monoisotopic (exact) mass is 553 g/mol. The van der Waals surface area contributed by atoms with Crippen molar-refractivity contribution in [3.8, 4) is 23.0 Å². The Labute approximate surface area is 233 Å². The van der Waals surface area contributed by atoms with Crippen LogP contribution in [0.3, 0.4) is 0 Å². The van der Waals surface area contributed by atoms with Gasteiger partial charge in [-0.2, -0.15) is 5.10 Å². The molecule has 10 heteroatoms. The molecule has 3 aromatic carbocycles. The van der Waals surface area contributed by atoms with Gasteiger partial charge in [0.1, 0.15) is 0 Å². The Morgan fingerprint density at radius 2 is 1.69 bits per heavy atom. The van der Waals surface area contributed by atoms with Gasteiger partial charge < -0.3 is 24.3 Å². The van der Waals surface area contributed by atoms with Crippen molar-refractivity contribution < 1.29 is 28.5 Å². The number of rotatable bonds is 13. The second-order valence-corrected chi connectivity index (χ2v) is 8.76. The van der Waals surface area contributed by atoms with Crippen LogP contribution in [0.4, 0.5) is 5.69 Å². The molecule has 0 saturated carbocycles. The Kier molecular flexibility index (Phi) is 11.0. The van der Waals surface area contributed by atoms with Crippen LogP contribution in [0.2, 0.25) is 5.02 Å².